The predicted molar refractivity (Wildman–Crippen MR) is 109 cm³/mol. The van der Waals surface area contributed by atoms with E-state index in [2.05, 4.69) is 5.32 Å². The summed E-state index contributed by atoms with van der Waals surface area (Å²) >= 11 is 6.13. The SMILES string of the molecule is Cc1ccc([C@@H](C)NC(=O)c2ccc(OCc3ccccc3Cl)cc2)cc1. The Morgan fingerprint density at radius 2 is 1.67 bits per heavy atom. The summed E-state index contributed by atoms with van der Waals surface area (Å²) in [5.41, 5.74) is 3.80. The van der Waals surface area contributed by atoms with E-state index in [1.807, 2.05) is 62.4 Å². The topological polar surface area (TPSA) is 38.3 Å². The zero-order valence-corrected chi connectivity index (χ0v) is 16.2. The molecule has 0 fully saturated rings. The average molecular weight is 380 g/mol. The van der Waals surface area contributed by atoms with E-state index in [-0.39, 0.29) is 11.9 Å². The van der Waals surface area contributed by atoms with Gasteiger partial charge in [0.15, 0.2) is 0 Å². The fraction of sp³-hybridized carbons (Fsp3) is 0.174. The molecule has 3 aromatic carbocycles. The Balaban J connectivity index is 1.58. The van der Waals surface area contributed by atoms with Crippen LogP contribution in [0.5, 0.6) is 5.75 Å². The molecule has 4 heteroatoms. The molecule has 27 heavy (non-hydrogen) atoms. The molecular weight excluding hydrogens is 358 g/mol. The van der Waals surface area contributed by atoms with Crippen molar-refractivity contribution in [2.75, 3.05) is 0 Å². The Bertz CT molecular complexity index is 904. The smallest absolute Gasteiger partial charge is 0.251 e. The van der Waals surface area contributed by atoms with Gasteiger partial charge >= 0.3 is 0 Å². The summed E-state index contributed by atoms with van der Waals surface area (Å²) in [5.74, 6) is 0.582. The van der Waals surface area contributed by atoms with Gasteiger partial charge in [-0.3, -0.25) is 4.79 Å². The molecule has 3 nitrogen and oxygen atoms in total. The van der Waals surface area contributed by atoms with E-state index >= 15 is 0 Å². The van der Waals surface area contributed by atoms with Gasteiger partial charge in [0.25, 0.3) is 5.91 Å². The number of nitrogens with one attached hydrogen (secondary N) is 1. The van der Waals surface area contributed by atoms with Gasteiger partial charge in [0.05, 0.1) is 6.04 Å². The number of ether oxygens (including phenoxy) is 1. The molecule has 3 aromatic rings. The lowest BCUT2D eigenvalue weighted by molar-refractivity contribution is 0.0940. The standard InChI is InChI=1S/C23H22ClNO2/c1-16-7-9-18(10-8-16)17(2)25-23(26)19-11-13-21(14-12-19)27-15-20-5-3-4-6-22(20)24/h3-14,17H,15H2,1-2H3,(H,25,26)/t17-/m1/s1. The number of hydrogen-bond acceptors (Lipinski definition) is 2. The molecular formula is C23H22ClNO2. The summed E-state index contributed by atoms with van der Waals surface area (Å²) in [4.78, 5) is 12.5. The molecule has 0 spiro atoms. The Morgan fingerprint density at radius 3 is 2.33 bits per heavy atom. The highest BCUT2D eigenvalue weighted by atomic mass is 35.5. The maximum Gasteiger partial charge on any atom is 0.251 e. The molecule has 0 aliphatic carbocycles. The lowest BCUT2D eigenvalue weighted by Crippen LogP contribution is -2.26. The molecule has 0 bridgehead atoms. The maximum absolute atomic E-state index is 12.5. The highest BCUT2D eigenvalue weighted by Crippen LogP contribution is 2.19. The van der Waals surface area contributed by atoms with Crippen molar-refractivity contribution in [1.29, 1.82) is 0 Å². The van der Waals surface area contributed by atoms with Crippen molar-refractivity contribution in [3.8, 4) is 5.75 Å². The minimum absolute atomic E-state index is 0.0609. The fourth-order valence-corrected chi connectivity index (χ4v) is 2.89. The highest BCUT2D eigenvalue weighted by molar-refractivity contribution is 6.31. The van der Waals surface area contributed by atoms with Gasteiger partial charge < -0.3 is 10.1 Å². The minimum atomic E-state index is -0.110. The van der Waals surface area contributed by atoms with Crippen LogP contribution in [0.4, 0.5) is 0 Å². The number of rotatable bonds is 6. The molecule has 0 radical (unpaired) electrons. The number of carbonyl (C=O) groups is 1. The predicted octanol–water partition coefficient (Wildman–Crippen LogP) is 5.72. The van der Waals surface area contributed by atoms with Crippen molar-refractivity contribution in [1.82, 2.24) is 5.32 Å². The van der Waals surface area contributed by atoms with Crippen LogP contribution in [0.15, 0.2) is 72.8 Å². The van der Waals surface area contributed by atoms with Gasteiger partial charge in [0.2, 0.25) is 0 Å². The van der Waals surface area contributed by atoms with Crippen molar-refractivity contribution >= 4 is 17.5 Å². The van der Waals surface area contributed by atoms with Gasteiger partial charge in [-0.1, -0.05) is 59.6 Å². The second-order valence-corrected chi connectivity index (χ2v) is 6.92. The lowest BCUT2D eigenvalue weighted by atomic mass is 10.1. The van der Waals surface area contributed by atoms with Crippen LogP contribution in [0.1, 0.15) is 40.0 Å². The first-order chi connectivity index (χ1) is 13.0. The number of amides is 1. The Hall–Kier alpha value is -2.78. The van der Waals surface area contributed by atoms with Crippen molar-refractivity contribution < 1.29 is 9.53 Å². The molecule has 0 saturated heterocycles. The van der Waals surface area contributed by atoms with Crippen LogP contribution in [0.25, 0.3) is 0 Å². The lowest BCUT2D eigenvalue weighted by Gasteiger charge is -2.15. The van der Waals surface area contributed by atoms with Gasteiger partial charge in [-0.2, -0.15) is 0 Å². The molecule has 0 heterocycles. The first kappa shape index (κ1) is 19.0. The van der Waals surface area contributed by atoms with Crippen molar-refractivity contribution in [3.63, 3.8) is 0 Å². The quantitative estimate of drug-likeness (QED) is 0.595. The monoisotopic (exact) mass is 379 g/mol. The van der Waals surface area contributed by atoms with Crippen LogP contribution in [0.3, 0.4) is 0 Å². The van der Waals surface area contributed by atoms with E-state index < -0.39 is 0 Å². The number of carbonyl (C=O) groups excluding carboxylic acids is 1. The van der Waals surface area contributed by atoms with Crippen LogP contribution < -0.4 is 10.1 Å². The normalized spacial score (nSPS) is 11.7. The largest absolute Gasteiger partial charge is 0.489 e. The minimum Gasteiger partial charge on any atom is -0.489 e. The molecule has 0 aliphatic heterocycles. The van der Waals surface area contributed by atoms with Gasteiger partial charge in [-0.25, -0.2) is 0 Å². The molecule has 0 aromatic heterocycles. The van der Waals surface area contributed by atoms with Gasteiger partial charge in [0, 0.05) is 16.1 Å². The zero-order chi connectivity index (χ0) is 19.2. The van der Waals surface area contributed by atoms with Gasteiger partial charge in [-0.05, 0) is 49.7 Å². The molecule has 1 atom stereocenters. The number of benzene rings is 3. The summed E-state index contributed by atoms with van der Waals surface area (Å²) in [5, 5.41) is 3.70. The van der Waals surface area contributed by atoms with Crippen LogP contribution in [-0.2, 0) is 6.61 Å². The van der Waals surface area contributed by atoms with Crippen molar-refractivity contribution in [2.45, 2.75) is 26.5 Å². The molecule has 1 N–H and O–H groups in total. The van der Waals surface area contributed by atoms with Crippen LogP contribution in [0.2, 0.25) is 5.02 Å². The van der Waals surface area contributed by atoms with Crippen LogP contribution in [0, 0.1) is 6.92 Å². The van der Waals surface area contributed by atoms with Crippen molar-refractivity contribution in [3.05, 3.63) is 100 Å². The third kappa shape index (κ3) is 5.11. The van der Waals surface area contributed by atoms with E-state index in [0.717, 1.165) is 11.1 Å². The summed E-state index contributed by atoms with van der Waals surface area (Å²) in [6.45, 7) is 4.40. The van der Waals surface area contributed by atoms with Crippen LogP contribution >= 0.6 is 11.6 Å². The van der Waals surface area contributed by atoms with E-state index in [4.69, 9.17) is 16.3 Å². The molecule has 0 aliphatic rings. The summed E-state index contributed by atoms with van der Waals surface area (Å²) in [7, 11) is 0. The van der Waals surface area contributed by atoms with Gasteiger partial charge in [-0.15, -0.1) is 0 Å². The summed E-state index contributed by atoms with van der Waals surface area (Å²) < 4.78 is 5.75. The third-order valence-corrected chi connectivity index (χ3v) is 4.76. The first-order valence-electron chi connectivity index (χ1n) is 8.86. The Morgan fingerprint density at radius 1 is 1.00 bits per heavy atom. The number of aryl methyl sites for hydroxylation is 1. The second-order valence-electron chi connectivity index (χ2n) is 6.51. The second kappa shape index (κ2) is 8.74. The third-order valence-electron chi connectivity index (χ3n) is 4.39. The zero-order valence-electron chi connectivity index (χ0n) is 15.4. The van der Waals surface area contributed by atoms with E-state index in [1.54, 1.807) is 24.3 Å². The Kier molecular flexibility index (Phi) is 6.15. The fourth-order valence-electron chi connectivity index (χ4n) is 2.70. The molecule has 0 saturated carbocycles. The summed E-state index contributed by atoms with van der Waals surface area (Å²) in [6.07, 6.45) is 0. The first-order valence-corrected chi connectivity index (χ1v) is 9.24. The summed E-state index contributed by atoms with van der Waals surface area (Å²) in [6, 6.07) is 22.8. The van der Waals surface area contributed by atoms with Gasteiger partial charge in [0.1, 0.15) is 12.4 Å². The average Bonchev–Trinajstić information content (AvgIpc) is 2.68. The van der Waals surface area contributed by atoms with Crippen LogP contribution in [-0.4, -0.2) is 5.91 Å². The van der Waals surface area contributed by atoms with Crippen molar-refractivity contribution in [2.24, 2.45) is 0 Å². The number of hydrogen-bond donors (Lipinski definition) is 1. The Labute approximate surface area is 164 Å². The van der Waals surface area contributed by atoms with E-state index in [1.165, 1.54) is 5.56 Å². The highest BCUT2D eigenvalue weighted by Gasteiger charge is 2.11. The molecule has 1 amide bonds. The number of halogens is 1. The molecule has 3 rings (SSSR count). The maximum atomic E-state index is 12.5. The van der Waals surface area contributed by atoms with E-state index in [0.29, 0.717) is 22.9 Å². The van der Waals surface area contributed by atoms with E-state index in [9.17, 15) is 4.79 Å². The molecule has 0 unspecified atom stereocenters. The molecule has 138 valence electrons.